The summed E-state index contributed by atoms with van der Waals surface area (Å²) in [6, 6.07) is 55.7. The van der Waals surface area contributed by atoms with Crippen LogP contribution in [0.2, 0.25) is 0 Å². The minimum atomic E-state index is -0.0221. The van der Waals surface area contributed by atoms with Gasteiger partial charge < -0.3 is 0 Å². The molecule has 0 saturated heterocycles. The lowest BCUT2D eigenvalue weighted by Gasteiger charge is -2.37. The predicted octanol–water partition coefficient (Wildman–Crippen LogP) is 15.6. The van der Waals surface area contributed by atoms with Crippen molar-refractivity contribution < 1.29 is 0 Å². The van der Waals surface area contributed by atoms with E-state index in [1.165, 1.54) is 132 Å². The van der Waals surface area contributed by atoms with E-state index in [9.17, 15) is 0 Å². The number of benzene rings is 7. The third-order valence-electron chi connectivity index (χ3n) is 18.4. The topological polar surface area (TPSA) is 0 Å². The lowest BCUT2D eigenvalue weighted by Crippen LogP contribution is -2.41. The molecule has 4 atom stereocenters. The lowest BCUT2D eigenvalue weighted by molar-refractivity contribution is 0.652. The Morgan fingerprint density at radius 3 is 1.33 bits per heavy atom. The Morgan fingerprint density at radius 2 is 0.813 bits per heavy atom. The van der Waals surface area contributed by atoms with E-state index in [0.29, 0.717) is 11.8 Å². The van der Waals surface area contributed by atoms with Crippen LogP contribution in [0.5, 0.6) is 0 Å². The van der Waals surface area contributed by atoms with Gasteiger partial charge in [-0.1, -0.05) is 245 Å². The average molecular weight is 961 g/mol. The molecule has 0 amide bonds. The zero-order valence-corrected chi connectivity index (χ0v) is 43.0. The number of hydrogen-bond donors (Lipinski definition) is 0. The maximum atomic E-state index is 2.57. The molecule has 8 aliphatic rings. The highest BCUT2D eigenvalue weighted by atomic mass is 14.4. The zero-order chi connectivity index (χ0) is 49.8. The third-order valence-corrected chi connectivity index (χ3v) is 18.4. The van der Waals surface area contributed by atoms with Crippen molar-refractivity contribution in [1.82, 2.24) is 0 Å². The van der Waals surface area contributed by atoms with E-state index in [1.807, 2.05) is 0 Å². The summed E-state index contributed by atoms with van der Waals surface area (Å²) in [5.41, 5.74) is 23.1. The first-order valence-electron chi connectivity index (χ1n) is 27.7. The third kappa shape index (κ3) is 6.88. The minimum absolute atomic E-state index is 0.0221. The second-order valence-corrected chi connectivity index (χ2v) is 22.6. The minimum Gasteiger partial charge on any atom is -0.0842 e. The zero-order valence-electron chi connectivity index (χ0n) is 43.0. The SMILES string of the molecule is CC1(C)C2=C(CCC(c3c4ccccc4c(-c4ccc(C5=c6ccccc6=C(C6=CC=C(C7=c8ccccc8=C(C8=CC=CCC8)C8C=CC=CC78)CC6)C6C=CC=CC56)cc4)c4ccccc34)=C2)c2ccccc21. The molecule has 0 aliphatic heterocycles. The van der Waals surface area contributed by atoms with Gasteiger partial charge in [0, 0.05) is 29.1 Å². The van der Waals surface area contributed by atoms with Gasteiger partial charge in [0.25, 0.3) is 0 Å². The van der Waals surface area contributed by atoms with Crippen LogP contribution < -0.4 is 20.9 Å². The van der Waals surface area contributed by atoms with Gasteiger partial charge in [0.15, 0.2) is 0 Å². The Labute approximate surface area is 441 Å². The Hall–Kier alpha value is -8.06. The largest absolute Gasteiger partial charge is 0.0842 e. The molecule has 0 bridgehead atoms. The molecule has 0 radical (unpaired) electrons. The van der Waals surface area contributed by atoms with Gasteiger partial charge in [-0.25, -0.2) is 0 Å². The number of fused-ring (bicyclic) bond motifs is 8. The van der Waals surface area contributed by atoms with Crippen molar-refractivity contribution in [1.29, 1.82) is 0 Å². The van der Waals surface area contributed by atoms with Crippen molar-refractivity contribution >= 4 is 55.0 Å². The van der Waals surface area contributed by atoms with Crippen LogP contribution in [0.4, 0.5) is 0 Å². The summed E-state index contributed by atoms with van der Waals surface area (Å²) in [6.07, 6.45) is 39.9. The van der Waals surface area contributed by atoms with Gasteiger partial charge >= 0.3 is 0 Å². The maximum Gasteiger partial charge on any atom is 0.0155 e. The highest BCUT2D eigenvalue weighted by Crippen LogP contribution is 2.54. The summed E-state index contributed by atoms with van der Waals surface area (Å²) in [6.45, 7) is 4.83. The normalized spacial score (nSPS) is 22.7. The Bertz CT molecular complexity index is 4190. The summed E-state index contributed by atoms with van der Waals surface area (Å²) >= 11 is 0. The maximum absolute atomic E-state index is 2.57. The molecule has 360 valence electrons. The van der Waals surface area contributed by atoms with Gasteiger partial charge in [0.2, 0.25) is 0 Å². The van der Waals surface area contributed by atoms with Crippen LogP contribution in [0, 0.1) is 23.7 Å². The van der Waals surface area contributed by atoms with E-state index in [2.05, 4.69) is 245 Å². The molecule has 8 aliphatic carbocycles. The van der Waals surface area contributed by atoms with Crippen molar-refractivity contribution in [3.63, 3.8) is 0 Å². The van der Waals surface area contributed by atoms with Crippen molar-refractivity contribution in [3.8, 4) is 11.1 Å². The monoisotopic (exact) mass is 960 g/mol. The molecule has 0 N–H and O–H groups in total. The van der Waals surface area contributed by atoms with E-state index in [4.69, 9.17) is 0 Å². The van der Waals surface area contributed by atoms with E-state index >= 15 is 0 Å². The van der Waals surface area contributed by atoms with Gasteiger partial charge in [-0.15, -0.1) is 0 Å². The molecule has 0 nitrogen and oxygen atoms in total. The van der Waals surface area contributed by atoms with E-state index in [-0.39, 0.29) is 17.3 Å². The number of allylic oxidation sites excluding steroid dienone is 20. The summed E-state index contributed by atoms with van der Waals surface area (Å²) in [5.74, 6) is 1.16. The second-order valence-electron chi connectivity index (χ2n) is 22.6. The second kappa shape index (κ2) is 17.5. The fourth-order valence-corrected chi connectivity index (χ4v) is 15.2. The van der Waals surface area contributed by atoms with Gasteiger partial charge in [0.05, 0.1) is 0 Å². The first kappa shape index (κ1) is 44.4. The smallest absolute Gasteiger partial charge is 0.0155 e. The Kier molecular flexibility index (Phi) is 10.4. The van der Waals surface area contributed by atoms with Crippen molar-refractivity contribution in [2.75, 3.05) is 0 Å². The highest BCUT2D eigenvalue weighted by molar-refractivity contribution is 6.19. The molecule has 0 heteroatoms. The Balaban J connectivity index is 0.843. The quantitative estimate of drug-likeness (QED) is 0.146. The molecular formula is C75H60. The van der Waals surface area contributed by atoms with Crippen molar-refractivity contribution in [2.24, 2.45) is 23.7 Å². The van der Waals surface area contributed by atoms with Crippen LogP contribution >= 0.6 is 0 Å². The summed E-state index contributed by atoms with van der Waals surface area (Å²) in [5, 5.41) is 10.9. The molecule has 0 saturated carbocycles. The van der Waals surface area contributed by atoms with E-state index in [1.54, 1.807) is 0 Å². The van der Waals surface area contributed by atoms with Crippen LogP contribution in [0.25, 0.3) is 66.1 Å². The molecule has 0 fully saturated rings. The molecule has 7 aromatic carbocycles. The van der Waals surface area contributed by atoms with Gasteiger partial charge in [-0.3, -0.25) is 0 Å². The molecule has 7 aromatic rings. The summed E-state index contributed by atoms with van der Waals surface area (Å²) in [7, 11) is 0. The van der Waals surface area contributed by atoms with Crippen molar-refractivity contribution in [2.45, 2.75) is 57.8 Å². The van der Waals surface area contributed by atoms with Crippen LogP contribution in [0.3, 0.4) is 0 Å². The molecule has 75 heavy (non-hydrogen) atoms. The molecule has 0 heterocycles. The first-order chi connectivity index (χ1) is 37.0. The summed E-state index contributed by atoms with van der Waals surface area (Å²) in [4.78, 5) is 0. The first-order valence-corrected chi connectivity index (χ1v) is 27.7. The standard InChI is InChI=1S/C75H60/c1-75(2)67-35-19-18-22-53(67)54-45-44-52(46-68(54)75)74-65-33-16-14-31-63(65)73(64-32-15-17-34-66(64)74)51-42-40-50(41-43-51)72-61-29-12-10-27-59(61)71(60-28-11-13-30-62(60)72)49-38-36-48(37-39-49)70-57-25-8-6-23-55(57)69(47-20-4-3-5-21-47)56-24-7-9-26-58(56)70/h3-4,6-20,22-36,38,40-43,46,55,57,59,61H,5,21,37,39,44-45H2,1-2H3. The fourth-order valence-electron chi connectivity index (χ4n) is 15.2. The molecule has 15 rings (SSSR count). The molecular weight excluding hydrogens is 901 g/mol. The molecule has 4 unspecified atom stereocenters. The highest BCUT2D eigenvalue weighted by Gasteiger charge is 2.39. The van der Waals surface area contributed by atoms with E-state index < -0.39 is 0 Å². The van der Waals surface area contributed by atoms with Gasteiger partial charge in [-0.05, 0) is 170 Å². The predicted molar refractivity (Wildman–Crippen MR) is 317 cm³/mol. The van der Waals surface area contributed by atoms with Gasteiger partial charge in [0.1, 0.15) is 0 Å². The number of rotatable bonds is 6. The van der Waals surface area contributed by atoms with Crippen molar-refractivity contribution in [3.05, 3.63) is 296 Å². The van der Waals surface area contributed by atoms with Gasteiger partial charge in [-0.2, -0.15) is 0 Å². The average Bonchev–Trinajstić information content (AvgIpc) is 3.71. The fraction of sp³-hybridized carbons (Fsp3) is 0.173. The number of hydrogen-bond acceptors (Lipinski definition) is 0. The summed E-state index contributed by atoms with van der Waals surface area (Å²) < 4.78 is 0. The molecule has 0 aromatic heterocycles. The Morgan fingerprint density at radius 1 is 0.373 bits per heavy atom. The van der Waals surface area contributed by atoms with Crippen LogP contribution in [0.1, 0.15) is 74.6 Å². The lowest BCUT2D eigenvalue weighted by atomic mass is 9.67. The van der Waals surface area contributed by atoms with Crippen LogP contribution in [-0.4, -0.2) is 0 Å². The van der Waals surface area contributed by atoms with Crippen LogP contribution in [0.15, 0.2) is 253 Å². The molecule has 0 spiro atoms. The van der Waals surface area contributed by atoms with Crippen LogP contribution in [-0.2, 0) is 5.41 Å². The van der Waals surface area contributed by atoms with E-state index in [0.717, 1.165) is 38.5 Å².